The highest BCUT2D eigenvalue weighted by atomic mass is 16.5. The van der Waals surface area contributed by atoms with Crippen molar-refractivity contribution in [2.24, 2.45) is 0 Å². The summed E-state index contributed by atoms with van der Waals surface area (Å²) in [5.41, 5.74) is 5.08. The van der Waals surface area contributed by atoms with Crippen molar-refractivity contribution in [2.45, 2.75) is 39.8 Å². The molecule has 2 aromatic rings. The van der Waals surface area contributed by atoms with E-state index in [1.807, 2.05) is 58.0 Å². The zero-order valence-electron chi connectivity index (χ0n) is 15.0. The third kappa shape index (κ3) is 3.65. The largest absolute Gasteiger partial charge is 0.459 e. The number of hydrogen-bond donors (Lipinski definition) is 2. The molecule has 0 fully saturated rings. The maximum atomic E-state index is 12.8. The van der Waals surface area contributed by atoms with Gasteiger partial charge in [0.15, 0.2) is 0 Å². The first kappa shape index (κ1) is 17.0. The topological polar surface area (TPSA) is 63.2 Å². The van der Waals surface area contributed by atoms with Gasteiger partial charge in [-0.2, -0.15) is 0 Å². The van der Waals surface area contributed by atoms with Gasteiger partial charge in [-0.05, 0) is 57.5 Å². The lowest BCUT2D eigenvalue weighted by Crippen LogP contribution is -2.24. The predicted molar refractivity (Wildman–Crippen MR) is 99.3 cm³/mol. The van der Waals surface area contributed by atoms with Crippen molar-refractivity contribution in [2.75, 3.05) is 10.6 Å². The molecule has 2 N–H and O–H groups in total. The highest BCUT2D eigenvalue weighted by Gasteiger charge is 2.31. The van der Waals surface area contributed by atoms with Crippen molar-refractivity contribution in [3.8, 4) is 0 Å². The summed E-state index contributed by atoms with van der Waals surface area (Å²) < 4.78 is 5.49. The first-order chi connectivity index (χ1) is 12.0. The monoisotopic (exact) mass is 337 g/mol. The molecule has 5 heteroatoms. The van der Waals surface area contributed by atoms with Gasteiger partial charge in [0.2, 0.25) is 0 Å². The molecule has 5 nitrogen and oxygen atoms in total. The Kier molecular flexibility index (Phi) is 4.74. The number of fused-ring (bicyclic) bond motifs is 1. The Morgan fingerprint density at radius 1 is 1.16 bits per heavy atom. The number of nitrogens with zero attached hydrogens (tertiary/aromatic N) is 1. The molecule has 3 rings (SSSR count). The number of nitrogens with one attached hydrogen (secondary N) is 2. The Morgan fingerprint density at radius 2 is 1.96 bits per heavy atom. The van der Waals surface area contributed by atoms with Crippen LogP contribution in [0.1, 0.15) is 38.1 Å². The molecule has 1 aromatic carbocycles. The number of rotatable bonds is 3. The molecule has 0 saturated heterocycles. The Labute approximate surface area is 148 Å². The van der Waals surface area contributed by atoms with Gasteiger partial charge in [0.1, 0.15) is 6.04 Å². The van der Waals surface area contributed by atoms with Crippen LogP contribution in [0.15, 0.2) is 53.9 Å². The molecule has 1 aliphatic heterocycles. The summed E-state index contributed by atoms with van der Waals surface area (Å²) in [5, 5.41) is 6.81. The van der Waals surface area contributed by atoms with Crippen molar-refractivity contribution >= 4 is 17.3 Å². The number of benzene rings is 1. The summed E-state index contributed by atoms with van der Waals surface area (Å²) >= 11 is 0. The van der Waals surface area contributed by atoms with Gasteiger partial charge < -0.3 is 15.4 Å². The quantitative estimate of drug-likeness (QED) is 0.822. The van der Waals surface area contributed by atoms with Gasteiger partial charge in [-0.25, -0.2) is 4.79 Å². The van der Waals surface area contributed by atoms with Crippen molar-refractivity contribution in [3.05, 3.63) is 65.1 Å². The molecule has 1 atom stereocenters. The lowest BCUT2D eigenvalue weighted by atomic mass is 10.0. The third-order valence-corrected chi connectivity index (χ3v) is 4.04. The summed E-state index contributed by atoms with van der Waals surface area (Å²) in [4.78, 5) is 17.2. The molecule has 0 saturated carbocycles. The summed E-state index contributed by atoms with van der Waals surface area (Å²) in [5.74, 6) is -0.340. The fourth-order valence-corrected chi connectivity index (χ4v) is 2.92. The number of hydrogen-bond acceptors (Lipinski definition) is 5. The van der Waals surface area contributed by atoms with Crippen LogP contribution in [0.3, 0.4) is 0 Å². The summed E-state index contributed by atoms with van der Waals surface area (Å²) in [6, 6.07) is 11.4. The molecule has 0 bridgehead atoms. The van der Waals surface area contributed by atoms with E-state index in [1.165, 1.54) is 0 Å². The fraction of sp³-hybridized carbons (Fsp3) is 0.300. The maximum absolute atomic E-state index is 12.8. The predicted octanol–water partition coefficient (Wildman–Crippen LogP) is 4.19. The van der Waals surface area contributed by atoms with Crippen LogP contribution >= 0.6 is 0 Å². The number of pyridine rings is 1. The molecule has 0 aliphatic carbocycles. The number of anilines is 2. The van der Waals surface area contributed by atoms with E-state index in [1.54, 1.807) is 6.20 Å². The molecule has 25 heavy (non-hydrogen) atoms. The van der Waals surface area contributed by atoms with Crippen LogP contribution in [0.2, 0.25) is 0 Å². The standard InChI is InChI=1S/C20H23N3O2/c1-12(2)25-20(24)18-14(4)22-17-11-13(3)8-9-15(17)23-19(18)16-7-5-6-10-21-16/h5-12,19,22-23H,1-4H3. The molecule has 1 aliphatic rings. The van der Waals surface area contributed by atoms with Crippen LogP contribution in [0.5, 0.6) is 0 Å². The van der Waals surface area contributed by atoms with E-state index in [0.29, 0.717) is 5.57 Å². The van der Waals surface area contributed by atoms with E-state index in [2.05, 4.69) is 21.7 Å². The van der Waals surface area contributed by atoms with Crippen LogP contribution in [-0.2, 0) is 9.53 Å². The van der Waals surface area contributed by atoms with E-state index in [-0.39, 0.29) is 18.1 Å². The van der Waals surface area contributed by atoms with Crippen LogP contribution in [0.4, 0.5) is 11.4 Å². The van der Waals surface area contributed by atoms with Gasteiger partial charge in [-0.15, -0.1) is 0 Å². The number of allylic oxidation sites excluding steroid dienone is 1. The van der Waals surface area contributed by atoms with Gasteiger partial charge in [-0.1, -0.05) is 12.1 Å². The lowest BCUT2D eigenvalue weighted by Gasteiger charge is -2.21. The van der Waals surface area contributed by atoms with E-state index in [9.17, 15) is 4.79 Å². The first-order valence-electron chi connectivity index (χ1n) is 8.42. The van der Waals surface area contributed by atoms with Crippen molar-refractivity contribution in [1.82, 2.24) is 4.98 Å². The average Bonchev–Trinajstić information content (AvgIpc) is 2.70. The molecule has 0 spiro atoms. The molecule has 0 amide bonds. The minimum absolute atomic E-state index is 0.190. The molecule has 130 valence electrons. The van der Waals surface area contributed by atoms with E-state index in [4.69, 9.17) is 4.74 Å². The molecular weight excluding hydrogens is 314 g/mol. The summed E-state index contributed by atoms with van der Waals surface area (Å²) in [7, 11) is 0. The zero-order valence-corrected chi connectivity index (χ0v) is 15.0. The van der Waals surface area contributed by atoms with Crippen molar-refractivity contribution < 1.29 is 9.53 Å². The van der Waals surface area contributed by atoms with E-state index >= 15 is 0 Å². The van der Waals surface area contributed by atoms with Crippen molar-refractivity contribution in [1.29, 1.82) is 0 Å². The minimum Gasteiger partial charge on any atom is -0.459 e. The second kappa shape index (κ2) is 6.97. The molecule has 1 aromatic heterocycles. The molecule has 2 heterocycles. The fourth-order valence-electron chi connectivity index (χ4n) is 2.92. The van der Waals surface area contributed by atoms with Gasteiger partial charge >= 0.3 is 5.97 Å². The summed E-state index contributed by atoms with van der Waals surface area (Å²) in [6.45, 7) is 7.63. The highest BCUT2D eigenvalue weighted by molar-refractivity contribution is 5.94. The van der Waals surface area contributed by atoms with Crippen molar-refractivity contribution in [3.63, 3.8) is 0 Å². The normalized spacial score (nSPS) is 16.6. The Bertz CT molecular complexity index is 813. The number of ether oxygens (including phenoxy) is 1. The number of aromatic nitrogens is 1. The van der Waals surface area contributed by atoms with Crippen LogP contribution in [0.25, 0.3) is 0 Å². The Balaban J connectivity index is 2.11. The van der Waals surface area contributed by atoms with Gasteiger partial charge in [0.25, 0.3) is 0 Å². The van der Waals surface area contributed by atoms with E-state index < -0.39 is 0 Å². The summed E-state index contributed by atoms with van der Waals surface area (Å²) in [6.07, 6.45) is 1.54. The second-order valence-electron chi connectivity index (χ2n) is 6.50. The third-order valence-electron chi connectivity index (χ3n) is 4.04. The SMILES string of the molecule is CC1=C(C(=O)OC(C)C)C(c2ccccn2)Nc2ccc(C)cc2N1. The smallest absolute Gasteiger partial charge is 0.338 e. The van der Waals surface area contributed by atoms with Crippen LogP contribution in [-0.4, -0.2) is 17.1 Å². The highest BCUT2D eigenvalue weighted by Crippen LogP contribution is 2.36. The zero-order chi connectivity index (χ0) is 18.0. The Morgan fingerprint density at radius 3 is 2.64 bits per heavy atom. The first-order valence-corrected chi connectivity index (χ1v) is 8.42. The van der Waals surface area contributed by atoms with Crippen LogP contribution in [0, 0.1) is 6.92 Å². The Hall–Kier alpha value is -2.82. The number of esters is 1. The van der Waals surface area contributed by atoms with E-state index in [0.717, 1.165) is 28.3 Å². The molecule has 0 radical (unpaired) electrons. The average molecular weight is 337 g/mol. The number of carbonyl (C=O) groups is 1. The lowest BCUT2D eigenvalue weighted by molar-refractivity contribution is -0.143. The van der Waals surface area contributed by atoms with Gasteiger partial charge in [0.05, 0.1) is 28.7 Å². The number of carbonyl (C=O) groups excluding carboxylic acids is 1. The molecule has 1 unspecified atom stereocenters. The van der Waals surface area contributed by atoms with Gasteiger partial charge in [-0.3, -0.25) is 4.98 Å². The second-order valence-corrected chi connectivity index (χ2v) is 6.50. The number of aryl methyl sites for hydroxylation is 1. The van der Waals surface area contributed by atoms with Crippen LogP contribution < -0.4 is 10.6 Å². The molecular formula is C20H23N3O2. The minimum atomic E-state index is -0.385. The maximum Gasteiger partial charge on any atom is 0.338 e. The van der Waals surface area contributed by atoms with Gasteiger partial charge in [0, 0.05) is 11.9 Å².